The number of carbonyl (C=O) groups excluding carboxylic acids is 1. The van der Waals surface area contributed by atoms with Crippen LogP contribution in [-0.4, -0.2) is 70.4 Å². The summed E-state index contributed by atoms with van der Waals surface area (Å²) in [6, 6.07) is -0.819. The van der Waals surface area contributed by atoms with Gasteiger partial charge in [0.05, 0.1) is 32.2 Å². The van der Waals surface area contributed by atoms with E-state index in [-0.39, 0.29) is 19.1 Å². The van der Waals surface area contributed by atoms with E-state index in [0.29, 0.717) is 43.2 Å². The summed E-state index contributed by atoms with van der Waals surface area (Å²) in [5, 5.41) is 2.88. The van der Waals surface area contributed by atoms with Crippen molar-refractivity contribution < 1.29 is 28.1 Å². The number of hydrogen-bond acceptors (Lipinski definition) is 10. The van der Waals surface area contributed by atoms with Gasteiger partial charge in [0.25, 0.3) is 7.52 Å². The molecule has 0 aliphatic rings. The predicted octanol–water partition coefficient (Wildman–Crippen LogP) is 8.58. The van der Waals surface area contributed by atoms with Crippen LogP contribution in [0.2, 0.25) is 0 Å². The molecular formula is C36H67N6O6P. The summed E-state index contributed by atoms with van der Waals surface area (Å²) >= 11 is 0. The largest absolute Gasteiger partial charge is 0.465 e. The number of fused-ring (bicyclic) bond motifs is 1. The van der Waals surface area contributed by atoms with Gasteiger partial charge < -0.3 is 29.0 Å². The molecule has 2 aromatic rings. The number of hydrogen-bond donors (Lipinski definition) is 2. The van der Waals surface area contributed by atoms with Gasteiger partial charge in [0, 0.05) is 13.2 Å². The minimum atomic E-state index is -3.57. The summed E-state index contributed by atoms with van der Waals surface area (Å²) in [5.74, 6) is -0.162. The number of anilines is 1. The summed E-state index contributed by atoms with van der Waals surface area (Å²) in [5.41, 5.74) is 7.02. The lowest BCUT2D eigenvalue weighted by atomic mass is 10.0. The molecule has 0 fully saturated rings. The van der Waals surface area contributed by atoms with Crippen LogP contribution in [0, 0.1) is 0 Å². The van der Waals surface area contributed by atoms with E-state index in [1.165, 1.54) is 89.8 Å². The number of carbonyl (C=O) groups is 1. The monoisotopic (exact) mass is 710 g/mol. The summed E-state index contributed by atoms with van der Waals surface area (Å²) in [6.07, 6.45) is 24.4. The van der Waals surface area contributed by atoms with E-state index < -0.39 is 19.5 Å². The Hall–Kier alpha value is -2.11. The van der Waals surface area contributed by atoms with Crippen molar-refractivity contribution in [3.8, 4) is 0 Å². The second kappa shape index (κ2) is 26.7. The second-order valence-corrected chi connectivity index (χ2v) is 15.4. The highest BCUT2D eigenvalue weighted by molar-refractivity contribution is 7.56. The minimum absolute atomic E-state index is 0.210. The normalized spacial score (nSPS) is 14.2. The average Bonchev–Trinajstić information content (AvgIpc) is 3.50. The lowest BCUT2D eigenvalue weighted by molar-refractivity contribution is -0.145. The molecule has 13 heteroatoms. The van der Waals surface area contributed by atoms with Gasteiger partial charge in [-0.15, -0.1) is 0 Å². The Kier molecular flexibility index (Phi) is 23.4. The molecule has 3 N–H and O–H groups in total. The quantitative estimate of drug-likeness (QED) is 0.0426. The van der Waals surface area contributed by atoms with Gasteiger partial charge in [-0.1, -0.05) is 110 Å². The van der Waals surface area contributed by atoms with Crippen LogP contribution < -0.4 is 10.8 Å². The molecule has 3 atom stereocenters. The molecule has 2 rings (SSSR count). The molecule has 282 valence electrons. The van der Waals surface area contributed by atoms with Crippen molar-refractivity contribution >= 4 is 30.5 Å². The topological polar surface area (TPSA) is 153 Å². The van der Waals surface area contributed by atoms with E-state index in [0.717, 1.165) is 32.3 Å². The Bertz CT molecular complexity index is 1180. The number of aromatic nitrogens is 4. The number of nitrogens with two attached hydrogens (primary N) is 1. The molecule has 0 aliphatic carbocycles. The lowest BCUT2D eigenvalue weighted by Crippen LogP contribution is -2.35. The van der Waals surface area contributed by atoms with E-state index in [1.807, 2.05) is 11.5 Å². The molecule has 0 saturated carbocycles. The first-order chi connectivity index (χ1) is 23.8. The van der Waals surface area contributed by atoms with Crippen molar-refractivity contribution in [2.24, 2.45) is 0 Å². The van der Waals surface area contributed by atoms with Gasteiger partial charge in [-0.05, 0) is 33.1 Å². The standard InChI is InChI=1S/C36H67N6O6P/c1-5-7-9-10-11-12-13-14-15-16-17-18-19-21-23-45-24-22-26-48-49(44,41-32(4)36(43)46-25-20-8-6-2)30-47-31(3)27-42-29-40-33-34(37)38-28-39-35(33)42/h28-29,31-32H,5-27,30H2,1-4H3,(H,41,44)(H2,37,38,39)/t31-,32+,49?/m1/s1. The van der Waals surface area contributed by atoms with E-state index in [2.05, 4.69) is 33.9 Å². The first-order valence-electron chi connectivity index (χ1n) is 19.1. The van der Waals surface area contributed by atoms with E-state index in [4.69, 9.17) is 24.5 Å². The molecular weight excluding hydrogens is 643 g/mol. The summed E-state index contributed by atoms with van der Waals surface area (Å²) in [6.45, 7) is 10.0. The van der Waals surface area contributed by atoms with Crippen molar-refractivity contribution in [2.75, 3.05) is 38.5 Å². The Labute approximate surface area is 295 Å². The third-order valence-corrected chi connectivity index (χ3v) is 10.4. The zero-order chi connectivity index (χ0) is 35.6. The maximum atomic E-state index is 13.9. The Morgan fingerprint density at radius 3 is 2.02 bits per heavy atom. The minimum Gasteiger partial charge on any atom is -0.465 e. The van der Waals surface area contributed by atoms with Gasteiger partial charge in [0.1, 0.15) is 24.2 Å². The number of imidazole rings is 1. The van der Waals surface area contributed by atoms with Crippen LogP contribution in [-0.2, 0) is 34.6 Å². The van der Waals surface area contributed by atoms with Gasteiger partial charge in [-0.2, -0.15) is 0 Å². The van der Waals surface area contributed by atoms with E-state index in [9.17, 15) is 9.36 Å². The molecule has 0 spiro atoms. The van der Waals surface area contributed by atoms with Crippen LogP contribution in [0.1, 0.15) is 143 Å². The van der Waals surface area contributed by atoms with Gasteiger partial charge in [0.2, 0.25) is 0 Å². The Balaban J connectivity index is 1.67. The van der Waals surface area contributed by atoms with Crippen molar-refractivity contribution in [2.45, 2.75) is 162 Å². The molecule has 0 radical (unpaired) electrons. The SMILES string of the molecule is CCCCCCCCCCCCCCCCOCCCOP(=O)(CO[C@H](C)Cn1cnc2c(N)ncnc21)N[C@@H](C)C(=O)OCCCCC. The second-order valence-electron chi connectivity index (χ2n) is 13.2. The molecule has 12 nitrogen and oxygen atoms in total. The molecule has 2 aromatic heterocycles. The maximum absolute atomic E-state index is 13.9. The van der Waals surface area contributed by atoms with Crippen LogP contribution >= 0.6 is 7.52 Å². The zero-order valence-electron chi connectivity index (χ0n) is 31.0. The number of unbranched alkanes of at least 4 members (excludes halogenated alkanes) is 15. The highest BCUT2D eigenvalue weighted by Gasteiger charge is 2.30. The summed E-state index contributed by atoms with van der Waals surface area (Å²) in [7, 11) is -3.57. The van der Waals surface area contributed by atoms with Crippen LogP contribution in [0.3, 0.4) is 0 Å². The third-order valence-electron chi connectivity index (χ3n) is 8.52. The molecule has 1 unspecified atom stereocenters. The Morgan fingerprint density at radius 1 is 0.796 bits per heavy atom. The van der Waals surface area contributed by atoms with Crippen molar-refractivity contribution in [1.82, 2.24) is 24.6 Å². The van der Waals surface area contributed by atoms with Crippen molar-refractivity contribution in [3.05, 3.63) is 12.7 Å². The fourth-order valence-corrected chi connectivity index (χ4v) is 7.36. The zero-order valence-corrected chi connectivity index (χ0v) is 31.9. The van der Waals surface area contributed by atoms with Gasteiger partial charge in [0.15, 0.2) is 11.5 Å². The summed E-state index contributed by atoms with van der Waals surface area (Å²) in [4.78, 5) is 25.1. The van der Waals surface area contributed by atoms with Gasteiger partial charge in [-0.25, -0.2) is 20.0 Å². The number of esters is 1. The maximum Gasteiger partial charge on any atom is 0.323 e. The van der Waals surface area contributed by atoms with Crippen LogP contribution in [0.25, 0.3) is 11.2 Å². The molecule has 0 aliphatic heterocycles. The molecule has 0 amide bonds. The predicted molar refractivity (Wildman–Crippen MR) is 198 cm³/mol. The fraction of sp³-hybridized carbons (Fsp3) is 0.833. The highest BCUT2D eigenvalue weighted by atomic mass is 31.2. The molecule has 0 aromatic carbocycles. The molecule has 2 heterocycles. The fourth-order valence-electron chi connectivity index (χ4n) is 5.57. The van der Waals surface area contributed by atoms with Crippen molar-refractivity contribution in [3.63, 3.8) is 0 Å². The molecule has 49 heavy (non-hydrogen) atoms. The smallest absolute Gasteiger partial charge is 0.323 e. The van der Waals surface area contributed by atoms with Gasteiger partial charge >= 0.3 is 5.97 Å². The molecule has 0 bridgehead atoms. The third kappa shape index (κ3) is 19.2. The van der Waals surface area contributed by atoms with E-state index in [1.54, 1.807) is 13.3 Å². The van der Waals surface area contributed by atoms with E-state index >= 15 is 0 Å². The molecule has 0 saturated heterocycles. The van der Waals surface area contributed by atoms with Crippen molar-refractivity contribution in [1.29, 1.82) is 0 Å². The Morgan fingerprint density at radius 2 is 1.37 bits per heavy atom. The number of ether oxygens (including phenoxy) is 3. The number of nitrogen functional groups attached to an aromatic ring is 1. The van der Waals surface area contributed by atoms with Gasteiger partial charge in [-0.3, -0.25) is 9.36 Å². The lowest BCUT2D eigenvalue weighted by Gasteiger charge is -2.24. The first kappa shape index (κ1) is 43.1. The first-order valence-corrected chi connectivity index (χ1v) is 20.9. The van der Waals surface area contributed by atoms with Crippen LogP contribution in [0.4, 0.5) is 5.82 Å². The summed E-state index contributed by atoms with van der Waals surface area (Å²) < 4.78 is 38.7. The number of rotatable bonds is 32. The van der Waals surface area contributed by atoms with Crippen LogP contribution in [0.15, 0.2) is 12.7 Å². The highest BCUT2D eigenvalue weighted by Crippen LogP contribution is 2.43. The van der Waals surface area contributed by atoms with Crippen LogP contribution in [0.5, 0.6) is 0 Å². The number of nitrogens with one attached hydrogen (secondary N) is 1. The number of nitrogens with zero attached hydrogens (tertiary/aromatic N) is 4. The average molecular weight is 711 g/mol.